The van der Waals surface area contributed by atoms with E-state index in [0.717, 1.165) is 0 Å². The predicted octanol–water partition coefficient (Wildman–Crippen LogP) is 2.48. The van der Waals surface area contributed by atoms with E-state index in [9.17, 15) is 19.5 Å². The number of cyclic esters (lactones) is 1. The molecule has 0 aliphatic carbocycles. The average molecular weight is 525 g/mol. The number of anilines is 1. The summed E-state index contributed by atoms with van der Waals surface area (Å²) in [5, 5.41) is 10.5. The molecule has 2 fully saturated rings. The second-order valence-corrected chi connectivity index (χ2v) is 10.8. The van der Waals surface area contributed by atoms with Crippen LogP contribution < -0.4 is 9.64 Å². The monoisotopic (exact) mass is 524 g/mol. The highest BCUT2D eigenvalue weighted by Gasteiger charge is 2.75. The molecular weight excluding hydrogens is 488 g/mol. The van der Waals surface area contributed by atoms with Crippen LogP contribution in [0.3, 0.4) is 0 Å². The van der Waals surface area contributed by atoms with Gasteiger partial charge in [0, 0.05) is 12.2 Å². The van der Waals surface area contributed by atoms with Crippen LogP contribution >= 0.6 is 0 Å². The fourth-order valence-electron chi connectivity index (χ4n) is 6.59. The molecule has 4 heterocycles. The fraction of sp³-hybridized carbons (Fsp3) is 0.552. The lowest BCUT2D eigenvalue weighted by molar-refractivity contribution is -0.160. The Morgan fingerprint density at radius 1 is 1.11 bits per heavy atom. The highest BCUT2D eigenvalue weighted by Crippen LogP contribution is 2.58. The van der Waals surface area contributed by atoms with Crippen LogP contribution in [0.4, 0.5) is 5.69 Å². The Morgan fingerprint density at radius 2 is 1.84 bits per heavy atom. The largest absolute Gasteiger partial charge is 0.497 e. The summed E-state index contributed by atoms with van der Waals surface area (Å²) in [4.78, 5) is 45.4. The first-order chi connectivity index (χ1) is 18.2. The number of rotatable bonds is 6. The number of likely N-dealkylation sites (tertiary alicyclic amines) is 1. The van der Waals surface area contributed by atoms with Gasteiger partial charge in [0.15, 0.2) is 0 Å². The molecule has 9 nitrogen and oxygen atoms in total. The summed E-state index contributed by atoms with van der Waals surface area (Å²) in [6.07, 6.45) is 8.60. The number of methoxy groups -OCH3 is 1. The van der Waals surface area contributed by atoms with E-state index in [1.165, 1.54) is 4.90 Å². The van der Waals surface area contributed by atoms with Crippen molar-refractivity contribution in [1.29, 1.82) is 0 Å². The van der Waals surface area contributed by atoms with Crippen molar-refractivity contribution in [3.8, 4) is 5.75 Å². The molecule has 5 rings (SSSR count). The summed E-state index contributed by atoms with van der Waals surface area (Å²) in [6.45, 7) is 5.88. The van der Waals surface area contributed by atoms with Crippen LogP contribution in [0.25, 0.3) is 0 Å². The quantitative estimate of drug-likeness (QED) is 0.450. The molecule has 0 bridgehead atoms. The van der Waals surface area contributed by atoms with Gasteiger partial charge in [-0.3, -0.25) is 14.4 Å². The zero-order valence-electron chi connectivity index (χ0n) is 22.3. The number of ether oxygens (including phenoxy) is 3. The molecule has 0 radical (unpaired) electrons. The maximum atomic E-state index is 14.5. The molecule has 2 amide bonds. The molecular formula is C29H36N2O7. The summed E-state index contributed by atoms with van der Waals surface area (Å²) in [5.41, 5.74) is -1.89. The molecule has 0 aromatic heterocycles. The van der Waals surface area contributed by atoms with Crippen molar-refractivity contribution in [3.63, 3.8) is 0 Å². The Morgan fingerprint density at radius 3 is 2.50 bits per heavy atom. The van der Waals surface area contributed by atoms with Gasteiger partial charge in [0.25, 0.3) is 5.91 Å². The third-order valence-electron chi connectivity index (χ3n) is 8.69. The van der Waals surface area contributed by atoms with Gasteiger partial charge < -0.3 is 29.1 Å². The van der Waals surface area contributed by atoms with Gasteiger partial charge in [-0.1, -0.05) is 44.6 Å². The van der Waals surface area contributed by atoms with Crippen molar-refractivity contribution < 1.29 is 33.7 Å². The Balaban J connectivity index is 1.67. The Kier molecular flexibility index (Phi) is 6.86. The van der Waals surface area contributed by atoms with Gasteiger partial charge in [-0.2, -0.15) is 0 Å². The van der Waals surface area contributed by atoms with E-state index < -0.39 is 41.1 Å². The number of hydrogen-bond acceptors (Lipinski definition) is 7. The van der Waals surface area contributed by atoms with Crippen LogP contribution in [0.15, 0.2) is 48.6 Å². The maximum absolute atomic E-state index is 14.5. The number of carbonyl (C=O) groups excluding carboxylic acids is 3. The van der Waals surface area contributed by atoms with Crippen LogP contribution in [0, 0.1) is 17.8 Å². The molecule has 1 N–H and O–H groups in total. The van der Waals surface area contributed by atoms with E-state index >= 15 is 0 Å². The van der Waals surface area contributed by atoms with Gasteiger partial charge in [-0.05, 0) is 43.5 Å². The molecule has 1 aromatic carbocycles. The van der Waals surface area contributed by atoms with E-state index in [4.69, 9.17) is 14.2 Å². The minimum atomic E-state index is -1.40. The molecule has 7 atom stereocenters. The summed E-state index contributed by atoms with van der Waals surface area (Å²) in [7, 11) is 1.58. The van der Waals surface area contributed by atoms with E-state index in [0.29, 0.717) is 24.3 Å². The number of carbonyl (C=O) groups is 3. The Bertz CT molecular complexity index is 1160. The normalized spacial score (nSPS) is 34.0. The number of fused-ring (bicyclic) bond motifs is 2. The minimum Gasteiger partial charge on any atom is -0.497 e. The summed E-state index contributed by atoms with van der Waals surface area (Å²) < 4.78 is 17.6. The van der Waals surface area contributed by atoms with Crippen molar-refractivity contribution in [2.75, 3.05) is 31.8 Å². The molecule has 38 heavy (non-hydrogen) atoms. The van der Waals surface area contributed by atoms with Gasteiger partial charge >= 0.3 is 5.97 Å². The number of benzene rings is 1. The lowest BCUT2D eigenvalue weighted by atomic mass is 9.74. The van der Waals surface area contributed by atoms with Crippen molar-refractivity contribution in [2.24, 2.45) is 17.8 Å². The van der Waals surface area contributed by atoms with Gasteiger partial charge in [-0.25, -0.2) is 0 Å². The van der Waals surface area contributed by atoms with E-state index in [1.54, 1.807) is 49.3 Å². The third kappa shape index (κ3) is 3.86. The maximum Gasteiger partial charge on any atom is 0.313 e. The molecule has 1 aromatic rings. The molecule has 2 saturated heterocycles. The second kappa shape index (κ2) is 9.85. The lowest BCUT2D eigenvalue weighted by Gasteiger charge is -2.41. The Labute approximate surface area is 223 Å². The molecule has 1 spiro atoms. The van der Waals surface area contributed by atoms with Gasteiger partial charge in [0.05, 0.1) is 37.9 Å². The highest BCUT2D eigenvalue weighted by atomic mass is 16.6. The number of nitrogens with zero attached hydrogens (tertiary/aromatic N) is 2. The SMILES string of the molecule is CC[C@H](C)[C@H](CO)N1C(=O)[C@@H]2[C@@H]3C(=O)OCCC=C[C@]3(C)O[C@@]23C=CCN(c2ccc(OC)cc2)C(=O)C13. The van der Waals surface area contributed by atoms with Crippen molar-refractivity contribution in [3.05, 3.63) is 48.6 Å². The van der Waals surface area contributed by atoms with Gasteiger partial charge in [0.2, 0.25) is 5.91 Å². The first-order valence-corrected chi connectivity index (χ1v) is 13.3. The van der Waals surface area contributed by atoms with Crippen molar-refractivity contribution in [1.82, 2.24) is 4.90 Å². The summed E-state index contributed by atoms with van der Waals surface area (Å²) in [6, 6.07) is 5.45. The minimum absolute atomic E-state index is 0.0927. The second-order valence-electron chi connectivity index (χ2n) is 10.8. The first-order valence-electron chi connectivity index (χ1n) is 13.3. The fourth-order valence-corrected chi connectivity index (χ4v) is 6.59. The third-order valence-corrected chi connectivity index (χ3v) is 8.69. The van der Waals surface area contributed by atoms with Crippen LogP contribution in [-0.2, 0) is 23.9 Å². The zero-order valence-corrected chi connectivity index (χ0v) is 22.3. The first kappa shape index (κ1) is 26.4. The van der Waals surface area contributed by atoms with Gasteiger partial charge in [0.1, 0.15) is 23.3 Å². The molecule has 4 aliphatic rings. The number of hydrogen-bond donors (Lipinski definition) is 1. The number of aliphatic hydroxyl groups is 1. The highest BCUT2D eigenvalue weighted by molar-refractivity contribution is 6.05. The van der Waals surface area contributed by atoms with Crippen LogP contribution in [0.1, 0.15) is 33.6 Å². The topological polar surface area (TPSA) is 106 Å². The van der Waals surface area contributed by atoms with Crippen LogP contribution in [0.5, 0.6) is 5.75 Å². The van der Waals surface area contributed by atoms with E-state index in [1.807, 2.05) is 32.1 Å². The number of esters is 1. The summed E-state index contributed by atoms with van der Waals surface area (Å²) >= 11 is 0. The predicted molar refractivity (Wildman–Crippen MR) is 139 cm³/mol. The summed E-state index contributed by atoms with van der Waals surface area (Å²) in [5.74, 6) is -2.54. The van der Waals surface area contributed by atoms with Crippen molar-refractivity contribution in [2.45, 2.75) is 56.9 Å². The molecule has 204 valence electrons. The average Bonchev–Trinajstić information content (AvgIpc) is 3.23. The van der Waals surface area contributed by atoms with Crippen molar-refractivity contribution >= 4 is 23.5 Å². The van der Waals surface area contributed by atoms with Gasteiger partial charge in [-0.15, -0.1) is 0 Å². The molecule has 1 unspecified atom stereocenters. The van der Waals surface area contributed by atoms with E-state index in [2.05, 4.69) is 0 Å². The van der Waals surface area contributed by atoms with Crippen LogP contribution in [0.2, 0.25) is 0 Å². The van der Waals surface area contributed by atoms with Crippen LogP contribution in [-0.4, -0.2) is 77.9 Å². The molecule has 4 aliphatic heterocycles. The van der Waals surface area contributed by atoms with E-state index in [-0.39, 0.29) is 37.5 Å². The number of amides is 2. The smallest absolute Gasteiger partial charge is 0.313 e. The number of aliphatic hydroxyl groups excluding tert-OH is 1. The lowest BCUT2D eigenvalue weighted by Crippen LogP contribution is -2.60. The standard InChI is InChI=1S/C29H36N2O7/c1-5-18(2)21(17-32)31-24-26(34)30(19-9-11-20(36-4)12-10-19)15-8-14-29(24)22(25(31)33)23-27(35)37-16-7-6-13-28(23,3)38-29/h6,8-14,18,21-24,32H,5,7,15-17H2,1-4H3/t18-,21-,22-,23+,24?,28-,29-/m0/s1. The Hall–Kier alpha value is -3.17. The molecule has 9 heteroatoms. The zero-order chi connectivity index (χ0) is 27.2. The molecule has 0 saturated carbocycles.